The van der Waals surface area contributed by atoms with Crippen molar-refractivity contribution in [3.63, 3.8) is 0 Å². The van der Waals surface area contributed by atoms with Crippen LogP contribution in [0.25, 0.3) is 16.7 Å². The van der Waals surface area contributed by atoms with Gasteiger partial charge in [-0.05, 0) is 42.3 Å². The number of carbonyl (C=O) groups is 2. The number of rotatable bonds is 8. The smallest absolute Gasteiger partial charge is 0.224 e. The third kappa shape index (κ3) is 5.03. The lowest BCUT2D eigenvalue weighted by molar-refractivity contribution is -0.116. The number of hydrogen-bond acceptors (Lipinski definition) is 6. The van der Waals surface area contributed by atoms with Gasteiger partial charge in [-0.3, -0.25) is 9.59 Å². The summed E-state index contributed by atoms with van der Waals surface area (Å²) < 4.78 is 1.76. The van der Waals surface area contributed by atoms with Gasteiger partial charge in [0.25, 0.3) is 0 Å². The maximum atomic E-state index is 12.7. The minimum atomic E-state index is -0.0292. The summed E-state index contributed by atoms with van der Waals surface area (Å²) in [5.74, 6) is 0.485. The molecule has 0 unspecified atom stereocenters. The summed E-state index contributed by atoms with van der Waals surface area (Å²) in [6, 6.07) is 16.7. The Kier molecular flexibility index (Phi) is 6.61. The van der Waals surface area contributed by atoms with Gasteiger partial charge >= 0.3 is 0 Å². The molecule has 0 bridgehead atoms. The van der Waals surface area contributed by atoms with Crippen LogP contribution in [0.15, 0.2) is 72.1 Å². The van der Waals surface area contributed by atoms with Gasteiger partial charge in [-0.25, -0.2) is 14.6 Å². The first kappa shape index (κ1) is 21.7. The standard InChI is InChI=1S/C24H23N5O2S/c1-16(2)12-22(31)28-18-10-8-17(9-11-18)21(30)14-32-24-20-13-27-29(23(20)25-15-26-24)19-6-4-3-5-7-19/h3-11,13,15-16H,12,14H2,1-2H3,(H,28,31). The van der Waals surface area contributed by atoms with Gasteiger partial charge in [0.05, 0.1) is 23.0 Å². The number of benzene rings is 2. The van der Waals surface area contributed by atoms with E-state index in [0.29, 0.717) is 34.3 Å². The average Bonchev–Trinajstić information content (AvgIpc) is 3.23. The van der Waals surface area contributed by atoms with Crippen LogP contribution in [-0.4, -0.2) is 37.2 Å². The van der Waals surface area contributed by atoms with Crippen molar-refractivity contribution in [2.75, 3.05) is 11.1 Å². The Morgan fingerprint density at radius 1 is 1.03 bits per heavy atom. The van der Waals surface area contributed by atoms with Gasteiger partial charge in [-0.15, -0.1) is 0 Å². The maximum absolute atomic E-state index is 12.7. The second-order valence-electron chi connectivity index (χ2n) is 7.74. The van der Waals surface area contributed by atoms with Gasteiger partial charge in [0.2, 0.25) is 5.91 Å². The molecule has 162 valence electrons. The molecule has 0 fully saturated rings. The van der Waals surface area contributed by atoms with Gasteiger partial charge < -0.3 is 5.32 Å². The number of aromatic nitrogens is 4. The van der Waals surface area contributed by atoms with Crippen LogP contribution in [0.3, 0.4) is 0 Å². The van der Waals surface area contributed by atoms with Crippen LogP contribution >= 0.6 is 11.8 Å². The van der Waals surface area contributed by atoms with Crippen LogP contribution in [-0.2, 0) is 4.79 Å². The normalized spacial score (nSPS) is 11.1. The lowest BCUT2D eigenvalue weighted by atomic mass is 10.1. The van der Waals surface area contributed by atoms with Crippen LogP contribution in [0.1, 0.15) is 30.6 Å². The fourth-order valence-electron chi connectivity index (χ4n) is 3.24. The minimum Gasteiger partial charge on any atom is -0.326 e. The molecular formula is C24H23N5O2S. The molecule has 4 rings (SSSR count). The first-order valence-corrected chi connectivity index (χ1v) is 11.3. The molecule has 0 spiro atoms. The van der Waals surface area contributed by atoms with Gasteiger partial charge in [0.15, 0.2) is 11.4 Å². The second-order valence-corrected chi connectivity index (χ2v) is 8.71. The van der Waals surface area contributed by atoms with Gasteiger partial charge in [0, 0.05) is 17.7 Å². The molecule has 8 heteroatoms. The number of fused-ring (bicyclic) bond motifs is 1. The minimum absolute atomic E-state index is 0.0164. The molecule has 32 heavy (non-hydrogen) atoms. The van der Waals surface area contributed by atoms with E-state index >= 15 is 0 Å². The first-order valence-electron chi connectivity index (χ1n) is 10.3. The fraction of sp³-hybridized carbons (Fsp3) is 0.208. The molecule has 0 saturated heterocycles. The largest absolute Gasteiger partial charge is 0.326 e. The lowest BCUT2D eigenvalue weighted by Gasteiger charge is -2.08. The molecule has 0 aliphatic carbocycles. The highest BCUT2D eigenvalue weighted by Crippen LogP contribution is 2.26. The number of nitrogens with one attached hydrogen (secondary N) is 1. The molecule has 1 amide bonds. The molecule has 0 aliphatic rings. The van der Waals surface area contributed by atoms with E-state index in [-0.39, 0.29) is 17.4 Å². The highest BCUT2D eigenvalue weighted by atomic mass is 32.2. The molecule has 1 N–H and O–H groups in total. The van der Waals surface area contributed by atoms with E-state index in [1.807, 2.05) is 44.2 Å². The zero-order chi connectivity index (χ0) is 22.5. The zero-order valence-electron chi connectivity index (χ0n) is 17.9. The number of anilines is 1. The Morgan fingerprint density at radius 2 is 1.78 bits per heavy atom. The Hall–Kier alpha value is -3.52. The third-order valence-electron chi connectivity index (χ3n) is 4.75. The Labute approximate surface area is 190 Å². The Balaban J connectivity index is 1.43. The van der Waals surface area contributed by atoms with E-state index in [1.165, 1.54) is 18.1 Å². The van der Waals surface area contributed by atoms with Crippen molar-refractivity contribution in [1.29, 1.82) is 0 Å². The first-order chi connectivity index (χ1) is 15.5. The molecule has 7 nitrogen and oxygen atoms in total. The summed E-state index contributed by atoms with van der Waals surface area (Å²) in [4.78, 5) is 33.3. The molecule has 0 aliphatic heterocycles. The van der Waals surface area contributed by atoms with E-state index < -0.39 is 0 Å². The van der Waals surface area contributed by atoms with Crippen molar-refractivity contribution < 1.29 is 9.59 Å². The zero-order valence-corrected chi connectivity index (χ0v) is 18.7. The number of amides is 1. The molecule has 4 aromatic rings. The number of Topliss-reactive ketones (excluding diaryl/α,β-unsaturated/α-hetero) is 1. The molecule has 2 heterocycles. The number of nitrogens with zero attached hydrogens (tertiary/aromatic N) is 4. The molecule has 2 aromatic heterocycles. The van der Waals surface area contributed by atoms with Gasteiger partial charge in [-0.1, -0.05) is 43.8 Å². The summed E-state index contributed by atoms with van der Waals surface area (Å²) in [6.07, 6.45) is 3.68. The number of ketones is 1. The molecule has 0 radical (unpaired) electrons. The van der Waals surface area contributed by atoms with E-state index in [4.69, 9.17) is 0 Å². The quantitative estimate of drug-likeness (QED) is 0.239. The monoisotopic (exact) mass is 445 g/mol. The van der Waals surface area contributed by atoms with E-state index in [2.05, 4.69) is 20.4 Å². The number of para-hydroxylation sites is 1. The average molecular weight is 446 g/mol. The maximum Gasteiger partial charge on any atom is 0.224 e. The van der Waals surface area contributed by atoms with E-state index in [1.54, 1.807) is 35.1 Å². The Bertz CT molecular complexity index is 1240. The SMILES string of the molecule is CC(C)CC(=O)Nc1ccc(C(=O)CSc2ncnc3c2cnn3-c2ccccc2)cc1. The Morgan fingerprint density at radius 3 is 2.50 bits per heavy atom. The summed E-state index contributed by atoms with van der Waals surface area (Å²) in [7, 11) is 0. The third-order valence-corrected chi connectivity index (χ3v) is 5.76. The summed E-state index contributed by atoms with van der Waals surface area (Å²) in [6.45, 7) is 3.99. The molecule has 0 saturated carbocycles. The molecule has 2 aromatic carbocycles. The number of carbonyl (C=O) groups excluding carboxylic acids is 2. The lowest BCUT2D eigenvalue weighted by Crippen LogP contribution is -2.14. The summed E-state index contributed by atoms with van der Waals surface area (Å²) in [5.41, 5.74) is 2.88. The highest BCUT2D eigenvalue weighted by molar-refractivity contribution is 8.00. The topological polar surface area (TPSA) is 89.8 Å². The van der Waals surface area contributed by atoms with Crippen LogP contribution < -0.4 is 5.32 Å². The fourth-order valence-corrected chi connectivity index (χ4v) is 4.09. The summed E-state index contributed by atoms with van der Waals surface area (Å²) in [5, 5.41) is 8.81. The van der Waals surface area contributed by atoms with Gasteiger partial charge in [0.1, 0.15) is 11.4 Å². The molecular weight excluding hydrogens is 422 g/mol. The van der Waals surface area contributed by atoms with Crippen molar-refractivity contribution in [3.05, 3.63) is 72.7 Å². The van der Waals surface area contributed by atoms with Crippen molar-refractivity contribution in [1.82, 2.24) is 19.7 Å². The van der Waals surface area contributed by atoms with Crippen LogP contribution in [0.2, 0.25) is 0 Å². The summed E-state index contributed by atoms with van der Waals surface area (Å²) >= 11 is 1.36. The van der Waals surface area contributed by atoms with Crippen LogP contribution in [0, 0.1) is 5.92 Å². The predicted molar refractivity (Wildman–Crippen MR) is 126 cm³/mol. The highest BCUT2D eigenvalue weighted by Gasteiger charge is 2.14. The second kappa shape index (κ2) is 9.74. The number of thioether (sulfide) groups is 1. The van der Waals surface area contributed by atoms with Crippen LogP contribution in [0.5, 0.6) is 0 Å². The predicted octanol–water partition coefficient (Wildman–Crippen LogP) is 4.78. The van der Waals surface area contributed by atoms with Crippen molar-refractivity contribution in [2.45, 2.75) is 25.3 Å². The van der Waals surface area contributed by atoms with E-state index in [0.717, 1.165) is 11.1 Å². The van der Waals surface area contributed by atoms with Crippen molar-refractivity contribution in [2.24, 2.45) is 5.92 Å². The number of hydrogen-bond donors (Lipinski definition) is 1. The van der Waals surface area contributed by atoms with Gasteiger partial charge in [-0.2, -0.15) is 5.10 Å². The van der Waals surface area contributed by atoms with Crippen molar-refractivity contribution >= 4 is 40.2 Å². The molecule has 0 atom stereocenters. The van der Waals surface area contributed by atoms with Crippen molar-refractivity contribution in [3.8, 4) is 5.69 Å². The van der Waals surface area contributed by atoms with E-state index in [9.17, 15) is 9.59 Å². The van der Waals surface area contributed by atoms with Crippen LogP contribution in [0.4, 0.5) is 5.69 Å².